The molecule has 3 nitrogen and oxygen atoms in total. The number of rotatable bonds is 4. The van der Waals surface area contributed by atoms with E-state index in [2.05, 4.69) is 42.3 Å². The molecule has 0 atom stereocenters. The van der Waals surface area contributed by atoms with Crippen molar-refractivity contribution in [3.63, 3.8) is 0 Å². The van der Waals surface area contributed by atoms with Crippen molar-refractivity contribution in [1.82, 2.24) is 14.5 Å². The number of imidazole rings is 1. The highest BCUT2D eigenvalue weighted by atomic mass is 15.2. The molecular weight excluding hydrogens is 174 g/mol. The highest BCUT2D eigenvalue weighted by Crippen LogP contribution is 2.10. The molecule has 0 saturated heterocycles. The van der Waals surface area contributed by atoms with Gasteiger partial charge in [-0.25, -0.2) is 4.98 Å². The van der Waals surface area contributed by atoms with E-state index in [0.717, 1.165) is 13.1 Å². The van der Waals surface area contributed by atoms with Crippen LogP contribution >= 0.6 is 0 Å². The van der Waals surface area contributed by atoms with Gasteiger partial charge in [0.2, 0.25) is 0 Å². The molecule has 0 saturated carbocycles. The van der Waals surface area contributed by atoms with Gasteiger partial charge in [-0.2, -0.15) is 0 Å². The van der Waals surface area contributed by atoms with Crippen LogP contribution in [0.15, 0.2) is 18.7 Å². The summed E-state index contributed by atoms with van der Waals surface area (Å²) in [6.07, 6.45) is 6.88. The summed E-state index contributed by atoms with van der Waals surface area (Å²) in [5, 5.41) is 0. The average molecular weight is 195 g/mol. The fourth-order valence-electron chi connectivity index (χ4n) is 1.24. The lowest BCUT2D eigenvalue weighted by molar-refractivity contribution is 0.171. The van der Waals surface area contributed by atoms with Crippen molar-refractivity contribution in [2.75, 3.05) is 13.6 Å². The maximum absolute atomic E-state index is 4.02. The Hall–Kier alpha value is -0.830. The zero-order chi connectivity index (χ0) is 10.6. The second kappa shape index (κ2) is 4.60. The van der Waals surface area contributed by atoms with Gasteiger partial charge in [0.25, 0.3) is 0 Å². The predicted molar refractivity (Wildman–Crippen MR) is 59.2 cm³/mol. The van der Waals surface area contributed by atoms with E-state index >= 15 is 0 Å². The SMILES string of the molecule is CN(CCCn1ccnc1)C(C)(C)C. The molecule has 80 valence electrons. The van der Waals surface area contributed by atoms with Gasteiger partial charge >= 0.3 is 0 Å². The van der Waals surface area contributed by atoms with Crippen LogP contribution in [-0.2, 0) is 6.54 Å². The van der Waals surface area contributed by atoms with E-state index in [0.29, 0.717) is 0 Å². The number of aromatic nitrogens is 2. The van der Waals surface area contributed by atoms with Gasteiger partial charge < -0.3 is 9.47 Å². The van der Waals surface area contributed by atoms with Crippen LogP contribution in [0.3, 0.4) is 0 Å². The topological polar surface area (TPSA) is 21.1 Å². The van der Waals surface area contributed by atoms with E-state index in [-0.39, 0.29) is 5.54 Å². The molecule has 0 aliphatic rings. The first-order valence-electron chi connectivity index (χ1n) is 5.17. The Labute approximate surface area is 86.7 Å². The molecule has 0 aliphatic carbocycles. The third-order valence-electron chi connectivity index (χ3n) is 2.61. The predicted octanol–water partition coefficient (Wildman–Crippen LogP) is 2.00. The Morgan fingerprint density at radius 2 is 2.07 bits per heavy atom. The molecular formula is C11H21N3. The lowest BCUT2D eigenvalue weighted by Crippen LogP contribution is -2.38. The van der Waals surface area contributed by atoms with Crippen LogP contribution in [0, 0.1) is 0 Å². The number of hydrogen-bond acceptors (Lipinski definition) is 2. The fourth-order valence-corrected chi connectivity index (χ4v) is 1.24. The molecule has 3 heteroatoms. The van der Waals surface area contributed by atoms with Crippen molar-refractivity contribution in [2.24, 2.45) is 0 Å². The van der Waals surface area contributed by atoms with Crippen LogP contribution in [0.4, 0.5) is 0 Å². The fraction of sp³-hybridized carbons (Fsp3) is 0.727. The van der Waals surface area contributed by atoms with E-state index in [1.165, 1.54) is 6.42 Å². The summed E-state index contributed by atoms with van der Waals surface area (Å²) in [5.74, 6) is 0. The highest BCUT2D eigenvalue weighted by Gasteiger charge is 2.15. The van der Waals surface area contributed by atoms with Gasteiger partial charge in [0.1, 0.15) is 0 Å². The Balaban J connectivity index is 2.22. The van der Waals surface area contributed by atoms with Crippen molar-refractivity contribution in [3.8, 4) is 0 Å². The summed E-state index contributed by atoms with van der Waals surface area (Å²) in [6, 6.07) is 0. The minimum Gasteiger partial charge on any atom is -0.337 e. The molecule has 0 unspecified atom stereocenters. The summed E-state index contributed by atoms with van der Waals surface area (Å²) in [4.78, 5) is 6.40. The van der Waals surface area contributed by atoms with Gasteiger partial charge in [0.15, 0.2) is 0 Å². The van der Waals surface area contributed by atoms with E-state index in [4.69, 9.17) is 0 Å². The first kappa shape index (κ1) is 11.2. The first-order chi connectivity index (χ1) is 6.50. The molecule has 1 aromatic heterocycles. The Bertz CT molecular complexity index is 246. The van der Waals surface area contributed by atoms with Crippen molar-refractivity contribution < 1.29 is 0 Å². The van der Waals surface area contributed by atoms with Gasteiger partial charge in [-0.05, 0) is 34.2 Å². The van der Waals surface area contributed by atoms with E-state index in [1.54, 1.807) is 0 Å². The van der Waals surface area contributed by atoms with Gasteiger partial charge in [-0.15, -0.1) is 0 Å². The molecule has 0 fully saturated rings. The summed E-state index contributed by atoms with van der Waals surface area (Å²) in [5.41, 5.74) is 0.273. The van der Waals surface area contributed by atoms with E-state index in [1.807, 2.05) is 18.7 Å². The molecule has 0 N–H and O–H groups in total. The molecule has 1 rings (SSSR count). The van der Waals surface area contributed by atoms with Crippen LogP contribution in [0.2, 0.25) is 0 Å². The van der Waals surface area contributed by atoms with Crippen molar-refractivity contribution >= 4 is 0 Å². The third-order valence-corrected chi connectivity index (χ3v) is 2.61. The quantitative estimate of drug-likeness (QED) is 0.732. The Morgan fingerprint density at radius 1 is 1.36 bits per heavy atom. The minimum absolute atomic E-state index is 0.273. The second-order valence-corrected chi connectivity index (χ2v) is 4.75. The van der Waals surface area contributed by atoms with Crippen LogP contribution < -0.4 is 0 Å². The van der Waals surface area contributed by atoms with Gasteiger partial charge in [0, 0.05) is 31.0 Å². The molecule has 0 aromatic carbocycles. The summed E-state index contributed by atoms with van der Waals surface area (Å²) in [6.45, 7) is 8.90. The number of nitrogens with zero attached hydrogens (tertiary/aromatic N) is 3. The van der Waals surface area contributed by atoms with Crippen LogP contribution in [0.5, 0.6) is 0 Å². The summed E-state index contributed by atoms with van der Waals surface area (Å²) >= 11 is 0. The van der Waals surface area contributed by atoms with Gasteiger partial charge in [-0.3, -0.25) is 0 Å². The highest BCUT2D eigenvalue weighted by molar-refractivity contribution is 4.75. The van der Waals surface area contributed by atoms with Crippen molar-refractivity contribution in [3.05, 3.63) is 18.7 Å². The molecule has 0 aliphatic heterocycles. The molecule has 1 heterocycles. The van der Waals surface area contributed by atoms with Crippen LogP contribution in [0.25, 0.3) is 0 Å². The largest absolute Gasteiger partial charge is 0.337 e. The third kappa shape index (κ3) is 3.50. The first-order valence-corrected chi connectivity index (χ1v) is 5.17. The standard InChI is InChI=1S/C11H21N3/c1-11(2,3)13(4)7-5-8-14-9-6-12-10-14/h6,9-10H,5,7-8H2,1-4H3. The Morgan fingerprint density at radius 3 is 2.57 bits per heavy atom. The summed E-state index contributed by atoms with van der Waals surface area (Å²) < 4.78 is 2.12. The molecule has 0 amide bonds. The molecule has 0 bridgehead atoms. The smallest absolute Gasteiger partial charge is 0.0945 e. The van der Waals surface area contributed by atoms with Crippen molar-refractivity contribution in [1.29, 1.82) is 0 Å². The number of aryl methyl sites for hydroxylation is 1. The maximum atomic E-state index is 4.02. The molecule has 1 aromatic rings. The van der Waals surface area contributed by atoms with Crippen LogP contribution in [-0.4, -0.2) is 33.6 Å². The maximum Gasteiger partial charge on any atom is 0.0945 e. The summed E-state index contributed by atoms with van der Waals surface area (Å²) in [7, 11) is 2.17. The van der Waals surface area contributed by atoms with E-state index < -0.39 is 0 Å². The lowest BCUT2D eigenvalue weighted by atomic mass is 10.1. The van der Waals surface area contributed by atoms with Crippen molar-refractivity contribution in [2.45, 2.75) is 39.3 Å². The lowest BCUT2D eigenvalue weighted by Gasteiger charge is -2.31. The van der Waals surface area contributed by atoms with Gasteiger partial charge in [0.05, 0.1) is 6.33 Å². The zero-order valence-corrected chi connectivity index (χ0v) is 9.70. The molecule has 0 radical (unpaired) electrons. The molecule has 0 spiro atoms. The monoisotopic (exact) mass is 195 g/mol. The normalized spacial score (nSPS) is 12.4. The zero-order valence-electron chi connectivity index (χ0n) is 9.70. The Kier molecular flexibility index (Phi) is 3.69. The van der Waals surface area contributed by atoms with Crippen LogP contribution in [0.1, 0.15) is 27.2 Å². The van der Waals surface area contributed by atoms with E-state index in [9.17, 15) is 0 Å². The van der Waals surface area contributed by atoms with Gasteiger partial charge in [-0.1, -0.05) is 0 Å². The second-order valence-electron chi connectivity index (χ2n) is 4.75. The number of hydrogen-bond donors (Lipinski definition) is 0. The minimum atomic E-state index is 0.273. The molecule has 14 heavy (non-hydrogen) atoms. The average Bonchev–Trinajstić information content (AvgIpc) is 2.55.